The largest absolute Gasteiger partial charge is 0.377 e. The molecule has 0 saturated carbocycles. The Balaban J connectivity index is 1.63. The van der Waals surface area contributed by atoms with Crippen LogP contribution in [0.15, 0.2) is 59.5 Å². The molecular formula is C19H19N3O4S. The van der Waals surface area contributed by atoms with Crippen LogP contribution in [0, 0.1) is 6.92 Å². The number of anilines is 1. The van der Waals surface area contributed by atoms with Crippen LogP contribution in [0.25, 0.3) is 10.9 Å². The van der Waals surface area contributed by atoms with E-state index >= 15 is 0 Å². The van der Waals surface area contributed by atoms with E-state index in [1.807, 2.05) is 25.1 Å². The average Bonchev–Trinajstić information content (AvgIpc) is 3.08. The predicted octanol–water partition coefficient (Wildman–Crippen LogP) is 2.00. The van der Waals surface area contributed by atoms with Crippen molar-refractivity contribution in [3.05, 3.63) is 60.3 Å². The number of aliphatic hydroxyl groups is 1. The third-order valence-corrected chi connectivity index (χ3v) is 5.70. The van der Waals surface area contributed by atoms with E-state index in [1.54, 1.807) is 29.2 Å². The van der Waals surface area contributed by atoms with Crippen LogP contribution in [0.1, 0.15) is 5.69 Å². The number of pyridine rings is 1. The van der Waals surface area contributed by atoms with Crippen LogP contribution in [0.5, 0.6) is 5.75 Å². The van der Waals surface area contributed by atoms with Crippen molar-refractivity contribution in [1.82, 2.24) is 10.3 Å². The Morgan fingerprint density at radius 1 is 1.15 bits per heavy atom. The summed E-state index contributed by atoms with van der Waals surface area (Å²) in [5.74, 6) is 0.194. The molecular weight excluding hydrogens is 366 g/mol. The lowest BCUT2D eigenvalue weighted by molar-refractivity contribution is 0.163. The van der Waals surface area contributed by atoms with Gasteiger partial charge in [0, 0.05) is 29.9 Å². The summed E-state index contributed by atoms with van der Waals surface area (Å²) < 4.78 is 30.8. The zero-order chi connectivity index (χ0) is 19.0. The Bertz CT molecular complexity index is 1080. The maximum atomic E-state index is 12.7. The number of aryl methyl sites for hydroxylation is 1. The van der Waals surface area contributed by atoms with E-state index in [1.165, 1.54) is 12.1 Å². The van der Waals surface area contributed by atoms with Crippen molar-refractivity contribution < 1.29 is 17.7 Å². The molecule has 0 amide bonds. The van der Waals surface area contributed by atoms with Gasteiger partial charge in [-0.15, -0.1) is 0 Å². The fourth-order valence-corrected chi connectivity index (χ4v) is 4.01. The fraction of sp³-hybridized carbons (Fsp3) is 0.211. The molecule has 0 radical (unpaired) electrons. The molecule has 8 heteroatoms. The van der Waals surface area contributed by atoms with E-state index in [2.05, 4.69) is 10.3 Å². The molecule has 1 aliphatic heterocycles. The van der Waals surface area contributed by atoms with Gasteiger partial charge < -0.3 is 14.2 Å². The normalized spacial score (nSPS) is 17.4. The smallest absolute Gasteiger partial charge is 0.339 e. The first-order valence-electron chi connectivity index (χ1n) is 8.53. The molecule has 1 fully saturated rings. The third-order valence-electron chi connectivity index (χ3n) is 4.45. The quantitative estimate of drug-likeness (QED) is 0.664. The second-order valence-electron chi connectivity index (χ2n) is 6.33. The first-order valence-corrected chi connectivity index (χ1v) is 9.94. The van der Waals surface area contributed by atoms with Crippen molar-refractivity contribution in [2.45, 2.75) is 18.2 Å². The second-order valence-corrected chi connectivity index (χ2v) is 7.88. The van der Waals surface area contributed by atoms with Gasteiger partial charge in [-0.1, -0.05) is 18.2 Å². The fourth-order valence-electron chi connectivity index (χ4n) is 3.07. The number of hydrogen-bond donors (Lipinski definition) is 2. The van der Waals surface area contributed by atoms with Gasteiger partial charge in [0.1, 0.15) is 10.4 Å². The highest BCUT2D eigenvalue weighted by Gasteiger charge is 2.23. The Morgan fingerprint density at radius 2 is 1.93 bits per heavy atom. The molecule has 1 atom stereocenters. The number of para-hydroxylation sites is 1. The molecule has 2 aromatic carbocycles. The molecule has 3 aromatic rings. The van der Waals surface area contributed by atoms with Gasteiger partial charge in [-0.3, -0.25) is 5.32 Å². The molecule has 7 nitrogen and oxygen atoms in total. The van der Waals surface area contributed by atoms with Crippen molar-refractivity contribution in [1.29, 1.82) is 0 Å². The second kappa shape index (κ2) is 6.80. The van der Waals surface area contributed by atoms with E-state index < -0.39 is 16.5 Å². The van der Waals surface area contributed by atoms with Crippen LogP contribution in [0.4, 0.5) is 5.69 Å². The first kappa shape index (κ1) is 17.7. The van der Waals surface area contributed by atoms with Gasteiger partial charge >= 0.3 is 10.1 Å². The summed E-state index contributed by atoms with van der Waals surface area (Å²) in [4.78, 5) is 6.18. The minimum Gasteiger partial charge on any atom is -0.377 e. The van der Waals surface area contributed by atoms with Gasteiger partial charge in [-0.25, -0.2) is 4.98 Å². The summed E-state index contributed by atoms with van der Waals surface area (Å²) in [6.07, 6.45) is -0.770. The molecule has 1 saturated heterocycles. The van der Waals surface area contributed by atoms with Crippen molar-refractivity contribution in [2.75, 3.05) is 18.0 Å². The molecule has 0 spiro atoms. The van der Waals surface area contributed by atoms with Gasteiger partial charge in [0.25, 0.3) is 0 Å². The van der Waals surface area contributed by atoms with Crippen LogP contribution in [-0.2, 0) is 10.1 Å². The first-order chi connectivity index (χ1) is 12.9. The number of aliphatic hydroxyl groups excluding tert-OH is 1. The maximum absolute atomic E-state index is 12.7. The lowest BCUT2D eigenvalue weighted by Crippen LogP contribution is -2.35. The highest BCUT2D eigenvalue weighted by molar-refractivity contribution is 7.87. The van der Waals surface area contributed by atoms with Crippen LogP contribution in [0.2, 0.25) is 0 Å². The molecule has 140 valence electrons. The zero-order valence-corrected chi connectivity index (χ0v) is 15.5. The van der Waals surface area contributed by atoms with Crippen LogP contribution in [-0.4, -0.2) is 37.9 Å². The van der Waals surface area contributed by atoms with E-state index in [-0.39, 0.29) is 10.6 Å². The minimum atomic E-state index is -4.01. The third kappa shape index (κ3) is 3.46. The van der Waals surface area contributed by atoms with Crippen molar-refractivity contribution in [3.8, 4) is 5.75 Å². The number of nitrogens with one attached hydrogen (secondary N) is 1. The Labute approximate surface area is 157 Å². The van der Waals surface area contributed by atoms with Gasteiger partial charge in [0.05, 0.1) is 0 Å². The Kier molecular flexibility index (Phi) is 4.47. The molecule has 2 N–H and O–H groups in total. The van der Waals surface area contributed by atoms with E-state index in [0.29, 0.717) is 18.6 Å². The number of fused-ring (bicyclic) bond motifs is 1. The Hall–Kier alpha value is -2.68. The summed E-state index contributed by atoms with van der Waals surface area (Å²) in [5, 5.41) is 13.6. The molecule has 27 heavy (non-hydrogen) atoms. The number of rotatable bonds is 4. The summed E-state index contributed by atoms with van der Waals surface area (Å²) in [6.45, 7) is 3.15. The number of aromatic nitrogens is 1. The van der Waals surface area contributed by atoms with Gasteiger partial charge in [-0.2, -0.15) is 8.42 Å². The molecule has 1 aromatic heterocycles. The number of hydrogen-bond acceptors (Lipinski definition) is 7. The predicted molar refractivity (Wildman–Crippen MR) is 102 cm³/mol. The van der Waals surface area contributed by atoms with Gasteiger partial charge in [0.15, 0.2) is 12.1 Å². The minimum absolute atomic E-state index is 0.0394. The highest BCUT2D eigenvalue weighted by atomic mass is 32.2. The molecule has 4 rings (SSSR count). The summed E-state index contributed by atoms with van der Waals surface area (Å²) in [6, 6.07) is 15.2. The van der Waals surface area contributed by atoms with E-state index in [4.69, 9.17) is 4.18 Å². The Morgan fingerprint density at radius 3 is 2.63 bits per heavy atom. The number of benzene rings is 2. The monoisotopic (exact) mass is 385 g/mol. The van der Waals surface area contributed by atoms with Crippen LogP contribution >= 0.6 is 0 Å². The SMILES string of the molecule is Cc1ccc2cccc(OS(=O)(=O)c3ccc(N4CCNC4O)cc3)c2n1. The number of nitrogens with zero attached hydrogens (tertiary/aromatic N) is 2. The average molecular weight is 385 g/mol. The van der Waals surface area contributed by atoms with Gasteiger partial charge in [-0.05, 0) is 43.3 Å². The van der Waals surface area contributed by atoms with Crippen LogP contribution < -0.4 is 14.4 Å². The summed E-state index contributed by atoms with van der Waals surface area (Å²) in [7, 11) is -4.01. The lowest BCUT2D eigenvalue weighted by atomic mass is 10.2. The molecule has 2 heterocycles. The lowest BCUT2D eigenvalue weighted by Gasteiger charge is -2.21. The maximum Gasteiger partial charge on any atom is 0.339 e. The summed E-state index contributed by atoms with van der Waals surface area (Å²) >= 11 is 0. The molecule has 1 aliphatic rings. The van der Waals surface area contributed by atoms with Crippen molar-refractivity contribution >= 4 is 26.7 Å². The van der Waals surface area contributed by atoms with Gasteiger partial charge in [0.2, 0.25) is 0 Å². The topological polar surface area (TPSA) is 91.8 Å². The molecule has 0 bridgehead atoms. The highest BCUT2D eigenvalue weighted by Crippen LogP contribution is 2.28. The summed E-state index contributed by atoms with van der Waals surface area (Å²) in [5.41, 5.74) is 2.01. The molecule has 0 aliphatic carbocycles. The van der Waals surface area contributed by atoms with Crippen molar-refractivity contribution in [3.63, 3.8) is 0 Å². The van der Waals surface area contributed by atoms with E-state index in [9.17, 15) is 13.5 Å². The molecule has 1 unspecified atom stereocenters. The van der Waals surface area contributed by atoms with E-state index in [0.717, 1.165) is 16.8 Å². The standard InChI is InChI=1S/C19H19N3O4S/c1-13-5-6-14-3-2-4-17(18(14)21-13)26-27(24,25)16-9-7-15(8-10-16)22-12-11-20-19(22)23/h2-10,19-20,23H,11-12H2,1H3. The van der Waals surface area contributed by atoms with Crippen molar-refractivity contribution in [2.24, 2.45) is 0 Å². The van der Waals surface area contributed by atoms with Crippen LogP contribution in [0.3, 0.4) is 0 Å². The zero-order valence-electron chi connectivity index (χ0n) is 14.7.